The summed E-state index contributed by atoms with van der Waals surface area (Å²) < 4.78 is 7.39. The first kappa shape index (κ1) is 25.4. The molecule has 0 aliphatic carbocycles. The number of hydrogen-bond donors (Lipinski definition) is 3. The minimum Gasteiger partial charge on any atom is -0.497 e. The molecule has 0 atom stereocenters. The van der Waals surface area contributed by atoms with Gasteiger partial charge >= 0.3 is 0 Å². The first-order valence-corrected chi connectivity index (χ1v) is 10.4. The van der Waals surface area contributed by atoms with Gasteiger partial charge < -0.3 is 25.3 Å². The number of rotatable bonds is 9. The van der Waals surface area contributed by atoms with E-state index in [0.717, 1.165) is 36.4 Å². The lowest BCUT2D eigenvalue weighted by molar-refractivity contribution is 0.0954. The maximum atomic E-state index is 12.2. The fourth-order valence-corrected chi connectivity index (χ4v) is 3.37. The third kappa shape index (κ3) is 6.84. The molecule has 3 rings (SSSR count). The van der Waals surface area contributed by atoms with E-state index in [1.807, 2.05) is 31.2 Å². The molecule has 0 bridgehead atoms. The predicted octanol–water partition coefficient (Wildman–Crippen LogP) is 2.96. The second-order valence-electron chi connectivity index (χ2n) is 7.07. The van der Waals surface area contributed by atoms with Gasteiger partial charge in [-0.2, -0.15) is 0 Å². The second-order valence-corrected chi connectivity index (χ2v) is 7.07. The molecule has 1 aromatic heterocycles. The highest BCUT2D eigenvalue weighted by Gasteiger charge is 2.07. The highest BCUT2D eigenvalue weighted by molar-refractivity contribution is 14.0. The van der Waals surface area contributed by atoms with Gasteiger partial charge in [-0.3, -0.25) is 9.79 Å². The molecule has 172 valence electrons. The van der Waals surface area contributed by atoms with Crippen LogP contribution >= 0.6 is 24.0 Å². The van der Waals surface area contributed by atoms with Crippen molar-refractivity contribution in [3.05, 3.63) is 59.9 Å². The van der Waals surface area contributed by atoms with Crippen molar-refractivity contribution in [2.24, 2.45) is 4.99 Å². The Balaban J connectivity index is 0.00000363. The van der Waals surface area contributed by atoms with Crippen LogP contribution < -0.4 is 20.7 Å². The van der Waals surface area contributed by atoms with Crippen LogP contribution in [-0.4, -0.2) is 55.2 Å². The number of aromatic nitrogens is 2. The molecule has 0 aliphatic rings. The Kier molecular flexibility index (Phi) is 10.3. The normalized spacial score (nSPS) is 11.0. The van der Waals surface area contributed by atoms with Crippen molar-refractivity contribution in [2.75, 3.05) is 33.8 Å². The number of nitrogens with one attached hydrogen (secondary N) is 3. The number of halogens is 1. The van der Waals surface area contributed by atoms with Gasteiger partial charge in [-0.15, -0.1) is 24.0 Å². The molecule has 0 radical (unpaired) electrons. The maximum absolute atomic E-state index is 12.2. The number of amides is 1. The van der Waals surface area contributed by atoms with Crippen molar-refractivity contribution in [1.29, 1.82) is 0 Å². The Morgan fingerprint density at radius 1 is 1.06 bits per heavy atom. The lowest BCUT2D eigenvalue weighted by Crippen LogP contribution is -2.42. The molecule has 0 fully saturated rings. The van der Waals surface area contributed by atoms with E-state index in [-0.39, 0.29) is 29.9 Å². The standard InChI is InChI=1S/C23H30N6O2.HI/c1-17-28-20-10-4-5-11-21(20)29(17)15-7-12-26-23(24-2)27-14-13-25-22(30)18-8-6-9-19(16-18)31-3;/h4-6,8-11,16H,7,12-15H2,1-3H3,(H,25,30)(H2,24,26,27);1H. The number of methoxy groups -OCH3 is 1. The van der Waals surface area contributed by atoms with Gasteiger partial charge in [0.15, 0.2) is 5.96 Å². The molecule has 0 unspecified atom stereocenters. The van der Waals surface area contributed by atoms with E-state index in [2.05, 4.69) is 36.6 Å². The summed E-state index contributed by atoms with van der Waals surface area (Å²) in [6, 6.07) is 15.3. The molecule has 9 heteroatoms. The number of aryl methyl sites for hydroxylation is 2. The fourth-order valence-electron chi connectivity index (χ4n) is 3.37. The average molecular weight is 550 g/mol. The summed E-state index contributed by atoms with van der Waals surface area (Å²) in [5.74, 6) is 2.26. The van der Waals surface area contributed by atoms with Crippen LogP contribution in [0, 0.1) is 6.92 Å². The zero-order chi connectivity index (χ0) is 22.1. The summed E-state index contributed by atoms with van der Waals surface area (Å²) in [6.45, 7) is 4.75. The zero-order valence-corrected chi connectivity index (χ0v) is 21.1. The summed E-state index contributed by atoms with van der Waals surface area (Å²) in [7, 11) is 3.32. The number of guanidine groups is 1. The molecule has 2 aromatic carbocycles. The molecule has 1 heterocycles. The van der Waals surface area contributed by atoms with E-state index >= 15 is 0 Å². The molecule has 32 heavy (non-hydrogen) atoms. The quantitative estimate of drug-likeness (QED) is 0.165. The van der Waals surface area contributed by atoms with Crippen LogP contribution in [0.5, 0.6) is 5.75 Å². The lowest BCUT2D eigenvalue weighted by atomic mass is 10.2. The predicted molar refractivity (Wildman–Crippen MR) is 139 cm³/mol. The van der Waals surface area contributed by atoms with Gasteiger partial charge in [0.25, 0.3) is 5.91 Å². The number of carbonyl (C=O) groups excluding carboxylic acids is 1. The van der Waals surface area contributed by atoms with Crippen LogP contribution in [0.3, 0.4) is 0 Å². The van der Waals surface area contributed by atoms with Gasteiger partial charge in [-0.1, -0.05) is 18.2 Å². The topological polar surface area (TPSA) is 92.6 Å². The Labute approximate surface area is 205 Å². The number of hydrogen-bond acceptors (Lipinski definition) is 4. The van der Waals surface area contributed by atoms with Gasteiger partial charge in [-0.25, -0.2) is 4.98 Å². The largest absolute Gasteiger partial charge is 0.497 e. The van der Waals surface area contributed by atoms with Crippen molar-refractivity contribution < 1.29 is 9.53 Å². The highest BCUT2D eigenvalue weighted by Crippen LogP contribution is 2.15. The van der Waals surface area contributed by atoms with Crippen LogP contribution in [-0.2, 0) is 6.54 Å². The fraction of sp³-hybridized carbons (Fsp3) is 0.348. The molecule has 0 spiro atoms. The van der Waals surface area contributed by atoms with E-state index in [1.165, 1.54) is 0 Å². The van der Waals surface area contributed by atoms with Crippen LogP contribution in [0.1, 0.15) is 22.6 Å². The molecule has 3 N–H and O–H groups in total. The van der Waals surface area contributed by atoms with Gasteiger partial charge in [0.1, 0.15) is 11.6 Å². The van der Waals surface area contributed by atoms with Gasteiger partial charge in [0.2, 0.25) is 0 Å². The van der Waals surface area contributed by atoms with Gasteiger partial charge in [0, 0.05) is 38.8 Å². The summed E-state index contributed by atoms with van der Waals surface area (Å²) in [5.41, 5.74) is 2.76. The number of aliphatic imine (C=N–C) groups is 1. The molecule has 8 nitrogen and oxygen atoms in total. The Hall–Kier alpha value is -2.82. The number of nitrogens with zero attached hydrogens (tertiary/aromatic N) is 3. The van der Waals surface area contributed by atoms with Crippen molar-refractivity contribution in [3.63, 3.8) is 0 Å². The van der Waals surface area contributed by atoms with E-state index in [4.69, 9.17) is 4.74 Å². The number of ether oxygens (including phenoxy) is 1. The Morgan fingerprint density at radius 3 is 2.59 bits per heavy atom. The van der Waals surface area contributed by atoms with E-state index < -0.39 is 0 Å². The Bertz CT molecular complexity index is 1050. The molecule has 0 saturated carbocycles. The number of imidazole rings is 1. The first-order valence-electron chi connectivity index (χ1n) is 10.4. The molecular weight excluding hydrogens is 519 g/mol. The smallest absolute Gasteiger partial charge is 0.251 e. The second kappa shape index (κ2) is 12.9. The Morgan fingerprint density at radius 2 is 1.81 bits per heavy atom. The summed E-state index contributed by atoms with van der Waals surface area (Å²) in [4.78, 5) is 21.1. The van der Waals surface area contributed by atoms with Crippen molar-refractivity contribution in [1.82, 2.24) is 25.5 Å². The van der Waals surface area contributed by atoms with Gasteiger partial charge in [0.05, 0.1) is 18.1 Å². The van der Waals surface area contributed by atoms with Crippen molar-refractivity contribution in [3.8, 4) is 5.75 Å². The van der Waals surface area contributed by atoms with E-state index in [1.54, 1.807) is 32.4 Å². The van der Waals surface area contributed by atoms with Crippen LogP contribution in [0.15, 0.2) is 53.5 Å². The third-order valence-corrected chi connectivity index (χ3v) is 4.95. The van der Waals surface area contributed by atoms with E-state index in [9.17, 15) is 4.79 Å². The zero-order valence-electron chi connectivity index (χ0n) is 18.7. The van der Waals surface area contributed by atoms with Crippen LogP contribution in [0.2, 0.25) is 0 Å². The molecule has 0 saturated heterocycles. The number of carbonyl (C=O) groups is 1. The summed E-state index contributed by atoms with van der Waals surface area (Å²) in [6.07, 6.45) is 0.939. The lowest BCUT2D eigenvalue weighted by Gasteiger charge is -2.13. The molecule has 3 aromatic rings. The maximum Gasteiger partial charge on any atom is 0.251 e. The molecule has 0 aliphatic heterocycles. The SMILES string of the molecule is CN=C(NCCCn1c(C)nc2ccccc21)NCCNC(=O)c1cccc(OC)c1.I. The minimum atomic E-state index is -0.133. The average Bonchev–Trinajstić information content (AvgIpc) is 3.12. The highest BCUT2D eigenvalue weighted by atomic mass is 127. The number of para-hydroxylation sites is 2. The summed E-state index contributed by atoms with van der Waals surface area (Å²) >= 11 is 0. The monoisotopic (exact) mass is 550 g/mol. The third-order valence-electron chi connectivity index (χ3n) is 4.95. The summed E-state index contributed by atoms with van der Waals surface area (Å²) in [5, 5.41) is 9.41. The van der Waals surface area contributed by atoms with Crippen LogP contribution in [0.4, 0.5) is 0 Å². The molecular formula is C23H31IN6O2. The van der Waals surface area contributed by atoms with Gasteiger partial charge in [-0.05, 0) is 43.7 Å². The number of fused-ring (bicyclic) bond motifs is 1. The minimum absolute atomic E-state index is 0. The number of benzene rings is 2. The van der Waals surface area contributed by atoms with Crippen molar-refractivity contribution in [2.45, 2.75) is 19.9 Å². The van der Waals surface area contributed by atoms with Crippen molar-refractivity contribution >= 4 is 46.9 Å². The van der Waals surface area contributed by atoms with E-state index in [0.29, 0.717) is 30.4 Å². The molecule has 1 amide bonds. The first-order chi connectivity index (χ1) is 15.1. The van der Waals surface area contributed by atoms with Crippen LogP contribution in [0.25, 0.3) is 11.0 Å².